The smallest absolute Gasteiger partial charge is 0.227 e. The Morgan fingerprint density at radius 1 is 0.467 bits per heavy atom. The molecule has 0 amide bonds. The molecule has 4 heterocycles. The van der Waals surface area contributed by atoms with Crippen LogP contribution in [0.3, 0.4) is 0 Å². The summed E-state index contributed by atoms with van der Waals surface area (Å²) in [6.45, 7) is 0. The molecule has 0 aliphatic carbocycles. The normalized spacial score (nSPS) is 12.0. The summed E-state index contributed by atoms with van der Waals surface area (Å²) in [5, 5.41) is 5.91. The van der Waals surface area contributed by atoms with Gasteiger partial charge in [0.05, 0.1) is 27.6 Å². The quantitative estimate of drug-likeness (QED) is 0.210. The summed E-state index contributed by atoms with van der Waals surface area (Å²) in [5.41, 5.74) is 9.89. The van der Waals surface area contributed by atoms with Gasteiger partial charge >= 0.3 is 0 Å². The second kappa shape index (κ2) is 9.15. The number of nitrogens with zero attached hydrogens (tertiary/aromatic N) is 4. The summed E-state index contributed by atoms with van der Waals surface area (Å²) in [4.78, 5) is 9.70. The van der Waals surface area contributed by atoms with Crippen LogP contribution in [0.1, 0.15) is 0 Å². The topological polar surface area (TPSA) is 48.8 Å². The number of pyridine rings is 1. The zero-order valence-electron chi connectivity index (χ0n) is 24.1. The number of rotatable bonds is 3. The third kappa shape index (κ3) is 3.49. The van der Waals surface area contributed by atoms with Crippen molar-refractivity contribution in [2.24, 2.45) is 0 Å². The van der Waals surface area contributed by atoms with Crippen molar-refractivity contribution in [2.75, 3.05) is 0 Å². The molecule has 4 aromatic heterocycles. The maximum Gasteiger partial charge on any atom is 0.227 e. The van der Waals surface area contributed by atoms with Crippen LogP contribution in [0, 0.1) is 0 Å². The van der Waals surface area contributed by atoms with E-state index >= 15 is 0 Å². The van der Waals surface area contributed by atoms with Crippen LogP contribution >= 0.6 is 0 Å². The Morgan fingerprint density at radius 3 is 1.51 bits per heavy atom. The van der Waals surface area contributed by atoms with Gasteiger partial charge in [0.15, 0.2) is 5.58 Å². The molecule has 10 rings (SSSR count). The van der Waals surface area contributed by atoms with Crippen molar-refractivity contribution in [3.05, 3.63) is 146 Å². The van der Waals surface area contributed by atoms with Crippen LogP contribution in [0.5, 0.6) is 0 Å². The van der Waals surface area contributed by atoms with Crippen molar-refractivity contribution in [2.45, 2.75) is 0 Å². The van der Waals surface area contributed by atoms with E-state index in [0.29, 0.717) is 5.89 Å². The maximum atomic E-state index is 6.49. The van der Waals surface area contributed by atoms with Gasteiger partial charge in [-0.1, -0.05) is 78.9 Å². The van der Waals surface area contributed by atoms with Crippen LogP contribution in [-0.2, 0) is 0 Å². The molecule has 0 unspecified atom stereocenters. The van der Waals surface area contributed by atoms with Crippen LogP contribution in [0.2, 0.25) is 0 Å². The average Bonchev–Trinajstić information content (AvgIpc) is 3.79. The molecule has 5 nitrogen and oxygen atoms in total. The molecule has 0 radical (unpaired) electrons. The Labute approximate surface area is 257 Å². The lowest BCUT2D eigenvalue weighted by atomic mass is 10.1. The van der Waals surface area contributed by atoms with Gasteiger partial charge in [0.2, 0.25) is 5.89 Å². The van der Waals surface area contributed by atoms with Crippen LogP contribution in [0.15, 0.2) is 150 Å². The number of aromatic nitrogens is 4. The minimum atomic E-state index is 0.563. The SMILES string of the molecule is c1cnc2c(c1)ccc1oc(-c3cc(-n4c5ccccc5c5ccccc54)cc(-n4c5ccccc5c5ccccc54)c3)nc12. The second-order valence-corrected chi connectivity index (χ2v) is 11.5. The van der Waals surface area contributed by atoms with Gasteiger partial charge in [0.25, 0.3) is 0 Å². The molecule has 0 aliphatic rings. The van der Waals surface area contributed by atoms with Crippen molar-refractivity contribution < 1.29 is 4.42 Å². The van der Waals surface area contributed by atoms with E-state index in [0.717, 1.165) is 61.0 Å². The first-order valence-electron chi connectivity index (χ1n) is 15.1. The molecular formula is C40H24N4O. The third-order valence-corrected chi connectivity index (χ3v) is 8.96. The van der Waals surface area contributed by atoms with Gasteiger partial charge in [-0.3, -0.25) is 4.98 Å². The standard InChI is InChI=1S/C40H24N4O/c1-5-15-33-29(11-1)30-12-2-6-16-34(30)43(33)27-22-26(40-42-39-37(45-40)20-19-25-10-9-21-41-38(25)39)23-28(24-27)44-35-17-7-3-13-31(35)32-14-4-8-18-36(32)44/h1-24H. The average molecular weight is 577 g/mol. The van der Waals surface area contributed by atoms with E-state index in [1.165, 1.54) is 21.5 Å². The predicted octanol–water partition coefficient (Wildman–Crippen LogP) is 10.2. The number of fused-ring (bicyclic) bond motifs is 9. The Balaban J connectivity index is 1.32. The van der Waals surface area contributed by atoms with Gasteiger partial charge in [0.1, 0.15) is 5.52 Å². The first-order chi connectivity index (χ1) is 22.3. The van der Waals surface area contributed by atoms with E-state index < -0.39 is 0 Å². The molecule has 0 saturated heterocycles. The van der Waals surface area contributed by atoms with E-state index in [1.807, 2.05) is 18.2 Å². The molecule has 0 fully saturated rings. The molecule has 6 aromatic carbocycles. The van der Waals surface area contributed by atoms with Gasteiger partial charge in [-0.25, -0.2) is 4.98 Å². The third-order valence-electron chi connectivity index (χ3n) is 8.96. The monoisotopic (exact) mass is 576 g/mol. The minimum Gasteiger partial charge on any atom is -0.436 e. The Bertz CT molecular complexity index is 2540. The van der Waals surface area contributed by atoms with Crippen molar-refractivity contribution in [1.82, 2.24) is 19.1 Å². The minimum absolute atomic E-state index is 0.563. The Morgan fingerprint density at radius 2 is 0.978 bits per heavy atom. The van der Waals surface area contributed by atoms with Crippen LogP contribution in [0.4, 0.5) is 0 Å². The van der Waals surface area contributed by atoms with Crippen molar-refractivity contribution >= 4 is 65.6 Å². The van der Waals surface area contributed by atoms with E-state index in [1.54, 1.807) is 6.20 Å². The molecule has 0 aliphatic heterocycles. The predicted molar refractivity (Wildman–Crippen MR) is 183 cm³/mol. The highest BCUT2D eigenvalue weighted by atomic mass is 16.3. The summed E-state index contributed by atoms with van der Waals surface area (Å²) in [7, 11) is 0. The van der Waals surface area contributed by atoms with Crippen molar-refractivity contribution in [3.8, 4) is 22.8 Å². The fraction of sp³-hybridized carbons (Fsp3) is 0. The van der Waals surface area contributed by atoms with Crippen molar-refractivity contribution in [1.29, 1.82) is 0 Å². The van der Waals surface area contributed by atoms with Gasteiger partial charge in [-0.2, -0.15) is 0 Å². The molecular weight excluding hydrogens is 552 g/mol. The summed E-state index contributed by atoms with van der Waals surface area (Å²) in [6.07, 6.45) is 1.80. The number of para-hydroxylation sites is 4. The van der Waals surface area contributed by atoms with E-state index in [4.69, 9.17) is 9.40 Å². The van der Waals surface area contributed by atoms with E-state index in [-0.39, 0.29) is 0 Å². The van der Waals surface area contributed by atoms with Crippen molar-refractivity contribution in [3.63, 3.8) is 0 Å². The Kier molecular flexibility index (Phi) is 4.93. The lowest BCUT2D eigenvalue weighted by molar-refractivity contribution is 0.620. The first kappa shape index (κ1) is 24.3. The van der Waals surface area contributed by atoms with Crippen LogP contribution < -0.4 is 0 Å². The highest BCUT2D eigenvalue weighted by Gasteiger charge is 2.19. The lowest BCUT2D eigenvalue weighted by Crippen LogP contribution is -2.00. The van der Waals surface area contributed by atoms with Crippen LogP contribution in [0.25, 0.3) is 88.4 Å². The molecule has 0 saturated carbocycles. The summed E-state index contributed by atoms with van der Waals surface area (Å²) in [5.74, 6) is 0.563. The number of hydrogen-bond donors (Lipinski definition) is 0. The number of hydrogen-bond acceptors (Lipinski definition) is 3. The summed E-state index contributed by atoms with van der Waals surface area (Å²) < 4.78 is 11.2. The first-order valence-corrected chi connectivity index (χ1v) is 15.1. The van der Waals surface area contributed by atoms with Crippen LogP contribution in [-0.4, -0.2) is 19.1 Å². The Hall–Kier alpha value is -6.20. The lowest BCUT2D eigenvalue weighted by Gasteiger charge is -2.14. The number of oxazole rings is 1. The van der Waals surface area contributed by atoms with E-state index in [9.17, 15) is 0 Å². The molecule has 210 valence electrons. The van der Waals surface area contributed by atoms with Gasteiger partial charge in [-0.15, -0.1) is 0 Å². The molecule has 5 heteroatoms. The summed E-state index contributed by atoms with van der Waals surface area (Å²) in [6, 6.07) is 49.1. The molecule has 45 heavy (non-hydrogen) atoms. The maximum absolute atomic E-state index is 6.49. The molecule has 0 N–H and O–H groups in total. The largest absolute Gasteiger partial charge is 0.436 e. The molecule has 0 bridgehead atoms. The van der Waals surface area contributed by atoms with E-state index in [2.05, 4.69) is 135 Å². The number of benzene rings is 6. The molecule has 10 aromatic rings. The molecule has 0 spiro atoms. The summed E-state index contributed by atoms with van der Waals surface area (Å²) >= 11 is 0. The fourth-order valence-electron chi connectivity index (χ4n) is 7.03. The zero-order valence-corrected chi connectivity index (χ0v) is 24.1. The van der Waals surface area contributed by atoms with Gasteiger partial charge in [0, 0.05) is 50.1 Å². The highest BCUT2D eigenvalue weighted by molar-refractivity contribution is 6.11. The van der Waals surface area contributed by atoms with Gasteiger partial charge in [-0.05, 0) is 60.7 Å². The fourth-order valence-corrected chi connectivity index (χ4v) is 7.03. The highest BCUT2D eigenvalue weighted by Crippen LogP contribution is 2.38. The molecule has 0 atom stereocenters. The zero-order chi connectivity index (χ0) is 29.5. The van der Waals surface area contributed by atoms with Gasteiger partial charge < -0.3 is 13.6 Å². The second-order valence-electron chi connectivity index (χ2n) is 11.5.